The number of amides is 2. The largest absolute Gasteiger partial charge is 0.434 e. The summed E-state index contributed by atoms with van der Waals surface area (Å²) < 4.78 is 29.2. The second kappa shape index (κ2) is 9.15. The molecular weight excluding hydrogens is 366 g/mol. The lowest BCUT2D eigenvalue weighted by Crippen LogP contribution is -2.44. The third-order valence-corrected chi connectivity index (χ3v) is 3.83. The highest BCUT2D eigenvalue weighted by Crippen LogP contribution is 2.20. The third kappa shape index (κ3) is 5.42. The summed E-state index contributed by atoms with van der Waals surface area (Å²) >= 11 is 5.95. The summed E-state index contributed by atoms with van der Waals surface area (Å²) in [6, 6.07) is 11.8. The van der Waals surface area contributed by atoms with Gasteiger partial charge in [0.2, 0.25) is 5.91 Å². The van der Waals surface area contributed by atoms with E-state index in [-0.39, 0.29) is 22.9 Å². The molecule has 0 fully saturated rings. The lowest BCUT2D eigenvalue weighted by molar-refractivity contribution is -0.122. The van der Waals surface area contributed by atoms with Gasteiger partial charge in [-0.15, -0.1) is 0 Å². The highest BCUT2D eigenvalue weighted by molar-refractivity contribution is 6.33. The Morgan fingerprint density at radius 3 is 2.46 bits per heavy atom. The zero-order chi connectivity index (χ0) is 19.1. The molecule has 0 bridgehead atoms. The van der Waals surface area contributed by atoms with E-state index in [2.05, 4.69) is 15.4 Å². The van der Waals surface area contributed by atoms with Gasteiger partial charge in [-0.25, -0.2) is 0 Å². The normalized spacial score (nSPS) is 11.7. The van der Waals surface area contributed by atoms with Gasteiger partial charge < -0.3 is 15.4 Å². The fourth-order valence-corrected chi connectivity index (χ4v) is 2.40. The zero-order valence-corrected chi connectivity index (χ0v) is 14.6. The van der Waals surface area contributed by atoms with E-state index in [0.717, 1.165) is 0 Å². The minimum absolute atomic E-state index is 0.0180. The molecule has 5 nitrogen and oxygen atoms in total. The maximum absolute atomic E-state index is 12.4. The monoisotopic (exact) mass is 382 g/mol. The van der Waals surface area contributed by atoms with Gasteiger partial charge in [0.15, 0.2) is 0 Å². The lowest BCUT2D eigenvalue weighted by atomic mass is 10.2. The molecule has 2 amide bonds. The van der Waals surface area contributed by atoms with Crippen LogP contribution in [-0.4, -0.2) is 24.5 Å². The van der Waals surface area contributed by atoms with Crippen LogP contribution in [0.4, 0.5) is 8.78 Å². The Kier molecular flexibility index (Phi) is 6.91. The standard InChI is InChI=1S/C18H17ClF2N2O3/c1-11(23-17(25)13-7-3-4-8-14(13)19)16(24)22-10-12-6-2-5-9-15(12)26-18(20)21/h2-9,11,18H,10H2,1H3,(H,22,24)(H,23,25). The number of benzene rings is 2. The number of nitrogens with one attached hydrogen (secondary N) is 2. The van der Waals surface area contributed by atoms with Crippen molar-refractivity contribution in [3.8, 4) is 5.75 Å². The summed E-state index contributed by atoms with van der Waals surface area (Å²) in [6.45, 7) is -1.47. The minimum atomic E-state index is -2.96. The lowest BCUT2D eigenvalue weighted by Gasteiger charge is -2.16. The average Bonchev–Trinajstić information content (AvgIpc) is 2.60. The molecule has 2 aromatic rings. The first kappa shape index (κ1) is 19.7. The molecule has 1 atom stereocenters. The molecule has 0 saturated carbocycles. The van der Waals surface area contributed by atoms with Crippen molar-refractivity contribution >= 4 is 23.4 Å². The van der Waals surface area contributed by atoms with E-state index < -0.39 is 24.5 Å². The van der Waals surface area contributed by atoms with Gasteiger partial charge in [-0.2, -0.15) is 8.78 Å². The van der Waals surface area contributed by atoms with Crippen molar-refractivity contribution in [3.63, 3.8) is 0 Å². The first-order valence-corrected chi connectivity index (χ1v) is 8.12. The van der Waals surface area contributed by atoms with Crippen LogP contribution in [0.15, 0.2) is 48.5 Å². The summed E-state index contributed by atoms with van der Waals surface area (Å²) in [5.74, 6) is -0.979. The van der Waals surface area contributed by atoms with Gasteiger partial charge in [-0.3, -0.25) is 9.59 Å². The number of hydrogen-bond donors (Lipinski definition) is 2. The van der Waals surface area contributed by atoms with Crippen molar-refractivity contribution in [2.45, 2.75) is 26.1 Å². The molecule has 0 saturated heterocycles. The summed E-state index contributed by atoms with van der Waals surface area (Å²) in [5.41, 5.74) is 0.648. The van der Waals surface area contributed by atoms with Gasteiger partial charge in [-0.1, -0.05) is 41.9 Å². The maximum atomic E-state index is 12.4. The molecule has 0 aromatic heterocycles. The van der Waals surface area contributed by atoms with Crippen LogP contribution in [0, 0.1) is 0 Å². The molecular formula is C18H17ClF2N2O3. The predicted octanol–water partition coefficient (Wildman–Crippen LogP) is 3.38. The van der Waals surface area contributed by atoms with E-state index in [1.807, 2.05) is 0 Å². The van der Waals surface area contributed by atoms with Gasteiger partial charge in [-0.05, 0) is 25.1 Å². The summed E-state index contributed by atoms with van der Waals surface area (Å²) in [5, 5.41) is 5.38. The van der Waals surface area contributed by atoms with Crippen molar-refractivity contribution in [3.05, 3.63) is 64.7 Å². The second-order valence-corrected chi connectivity index (χ2v) is 5.79. The van der Waals surface area contributed by atoms with Crippen LogP contribution < -0.4 is 15.4 Å². The second-order valence-electron chi connectivity index (χ2n) is 5.38. The number of carbonyl (C=O) groups excluding carboxylic acids is 2. The van der Waals surface area contributed by atoms with Gasteiger partial charge in [0, 0.05) is 12.1 Å². The molecule has 138 valence electrons. The summed E-state index contributed by atoms with van der Waals surface area (Å²) in [4.78, 5) is 24.3. The fraction of sp³-hybridized carbons (Fsp3) is 0.222. The van der Waals surface area contributed by atoms with Crippen molar-refractivity contribution in [1.82, 2.24) is 10.6 Å². The topological polar surface area (TPSA) is 67.4 Å². The molecule has 2 rings (SSSR count). The SMILES string of the molecule is CC(NC(=O)c1ccccc1Cl)C(=O)NCc1ccccc1OC(F)F. The molecule has 0 aliphatic rings. The zero-order valence-electron chi connectivity index (χ0n) is 13.8. The van der Waals surface area contributed by atoms with Crippen molar-refractivity contribution in [2.75, 3.05) is 0 Å². The molecule has 0 radical (unpaired) electrons. The molecule has 26 heavy (non-hydrogen) atoms. The molecule has 0 heterocycles. The van der Waals surface area contributed by atoms with Crippen LogP contribution in [0.1, 0.15) is 22.8 Å². The van der Waals surface area contributed by atoms with Crippen LogP contribution in [0.2, 0.25) is 5.02 Å². The Morgan fingerprint density at radius 1 is 1.12 bits per heavy atom. The molecule has 0 aliphatic heterocycles. The fourth-order valence-electron chi connectivity index (χ4n) is 2.18. The summed E-state index contributed by atoms with van der Waals surface area (Å²) in [7, 11) is 0. The van der Waals surface area contributed by atoms with Crippen molar-refractivity contribution in [2.24, 2.45) is 0 Å². The Labute approximate surface area is 154 Å². The maximum Gasteiger partial charge on any atom is 0.387 e. The average molecular weight is 383 g/mol. The Morgan fingerprint density at radius 2 is 1.77 bits per heavy atom. The van der Waals surface area contributed by atoms with Gasteiger partial charge in [0.1, 0.15) is 11.8 Å². The molecule has 0 spiro atoms. The Bertz CT molecular complexity index is 787. The molecule has 0 aliphatic carbocycles. The van der Waals surface area contributed by atoms with Crippen molar-refractivity contribution in [1.29, 1.82) is 0 Å². The van der Waals surface area contributed by atoms with Gasteiger partial charge in [0.25, 0.3) is 5.91 Å². The van der Waals surface area contributed by atoms with E-state index in [1.54, 1.807) is 42.5 Å². The number of carbonyl (C=O) groups is 2. The van der Waals surface area contributed by atoms with Crippen LogP contribution in [0.5, 0.6) is 5.75 Å². The van der Waals surface area contributed by atoms with E-state index >= 15 is 0 Å². The molecule has 2 aromatic carbocycles. The number of ether oxygens (including phenoxy) is 1. The van der Waals surface area contributed by atoms with Crippen LogP contribution >= 0.6 is 11.6 Å². The van der Waals surface area contributed by atoms with Gasteiger partial charge in [0.05, 0.1) is 10.6 Å². The van der Waals surface area contributed by atoms with Crippen LogP contribution in [-0.2, 0) is 11.3 Å². The number of rotatable bonds is 7. The first-order chi connectivity index (χ1) is 12.4. The molecule has 8 heteroatoms. The molecule has 1 unspecified atom stereocenters. The van der Waals surface area contributed by atoms with E-state index in [1.165, 1.54) is 13.0 Å². The summed E-state index contributed by atoms with van der Waals surface area (Å²) in [6.07, 6.45) is 0. The highest BCUT2D eigenvalue weighted by Gasteiger charge is 2.18. The third-order valence-electron chi connectivity index (χ3n) is 3.50. The van der Waals surface area contributed by atoms with Gasteiger partial charge >= 0.3 is 6.61 Å². The van der Waals surface area contributed by atoms with Crippen LogP contribution in [0.3, 0.4) is 0 Å². The number of hydrogen-bond acceptors (Lipinski definition) is 3. The number of alkyl halides is 2. The highest BCUT2D eigenvalue weighted by atomic mass is 35.5. The number of para-hydroxylation sites is 1. The van der Waals surface area contributed by atoms with Crippen molar-refractivity contribution < 1.29 is 23.1 Å². The predicted molar refractivity (Wildman–Crippen MR) is 93.3 cm³/mol. The van der Waals surface area contributed by atoms with E-state index in [9.17, 15) is 18.4 Å². The molecule has 2 N–H and O–H groups in total. The minimum Gasteiger partial charge on any atom is -0.434 e. The smallest absolute Gasteiger partial charge is 0.387 e. The Balaban J connectivity index is 1.94. The van der Waals surface area contributed by atoms with Crippen LogP contribution in [0.25, 0.3) is 0 Å². The Hall–Kier alpha value is -2.67. The quantitative estimate of drug-likeness (QED) is 0.771. The number of halogens is 3. The van der Waals surface area contributed by atoms with E-state index in [0.29, 0.717) is 5.56 Å². The van der Waals surface area contributed by atoms with E-state index in [4.69, 9.17) is 11.6 Å². The first-order valence-electron chi connectivity index (χ1n) is 7.74.